The van der Waals surface area contributed by atoms with Crippen molar-refractivity contribution >= 4 is 34.4 Å². The Kier molecular flexibility index (Phi) is 4.04. The van der Waals surface area contributed by atoms with Gasteiger partial charge in [0.05, 0.1) is 0 Å². The Balaban J connectivity index is 1.79. The van der Waals surface area contributed by atoms with Gasteiger partial charge in [-0.1, -0.05) is 60.7 Å². The lowest BCUT2D eigenvalue weighted by atomic mass is 9.76. The zero-order valence-corrected chi connectivity index (χ0v) is 15.1. The molecule has 5 rings (SSSR count). The number of hydrogen-bond acceptors (Lipinski definition) is 2. The van der Waals surface area contributed by atoms with Crippen LogP contribution in [0.4, 0.5) is 0 Å². The third-order valence-electron chi connectivity index (χ3n) is 5.41. The molecule has 0 amide bonds. The number of aromatic nitrogens is 2. The Morgan fingerprint density at radius 3 is 1.82 bits per heavy atom. The molecule has 0 aliphatic rings. The van der Waals surface area contributed by atoms with Crippen LogP contribution in [-0.4, -0.2) is 27.1 Å². The van der Waals surface area contributed by atoms with Crippen molar-refractivity contribution in [3.8, 4) is 0 Å². The molecule has 0 saturated carbocycles. The van der Waals surface area contributed by atoms with Gasteiger partial charge in [-0.2, -0.15) is 0 Å². The number of H-pyrrole nitrogens is 2. The van der Waals surface area contributed by atoms with Crippen LogP contribution >= 0.6 is 0 Å². The zero-order valence-electron chi connectivity index (χ0n) is 15.1. The average molecular weight is 366 g/mol. The van der Waals surface area contributed by atoms with E-state index < -0.39 is 7.12 Å². The van der Waals surface area contributed by atoms with Crippen LogP contribution in [0.3, 0.4) is 0 Å². The predicted molar refractivity (Wildman–Crippen MR) is 114 cm³/mol. The molecule has 2 heterocycles. The van der Waals surface area contributed by atoms with E-state index in [0.29, 0.717) is 5.46 Å². The summed E-state index contributed by atoms with van der Waals surface area (Å²) in [4.78, 5) is 6.75. The van der Waals surface area contributed by atoms with Crippen molar-refractivity contribution in [2.24, 2.45) is 0 Å². The standard InChI is InChI=1S/C23H19BN2O2/c27-24(28)16-7-5-6-15(12-16)23(19-13-25-21-10-3-1-8-17(19)21)20-14-26-22-11-4-2-9-18(20)22/h1-14,23,25-28H. The molecular weight excluding hydrogens is 347 g/mol. The van der Waals surface area contributed by atoms with Crippen LogP contribution in [0, 0.1) is 0 Å². The maximum atomic E-state index is 9.68. The van der Waals surface area contributed by atoms with E-state index in [1.807, 2.05) is 42.5 Å². The molecule has 0 spiro atoms. The topological polar surface area (TPSA) is 72.0 Å². The maximum Gasteiger partial charge on any atom is 0.488 e. The molecule has 136 valence electrons. The normalized spacial score (nSPS) is 11.5. The van der Waals surface area contributed by atoms with Crippen molar-refractivity contribution in [2.45, 2.75) is 5.92 Å². The fourth-order valence-corrected chi connectivity index (χ4v) is 4.09. The first-order chi connectivity index (χ1) is 13.7. The summed E-state index contributed by atoms with van der Waals surface area (Å²) in [5.74, 6) is -0.0500. The lowest BCUT2D eigenvalue weighted by molar-refractivity contribution is 0.425. The highest BCUT2D eigenvalue weighted by Crippen LogP contribution is 2.39. The molecule has 5 aromatic rings. The Labute approximate surface area is 162 Å². The van der Waals surface area contributed by atoms with Crippen molar-refractivity contribution in [2.75, 3.05) is 0 Å². The van der Waals surface area contributed by atoms with E-state index in [1.165, 1.54) is 0 Å². The van der Waals surface area contributed by atoms with Crippen molar-refractivity contribution in [1.82, 2.24) is 9.97 Å². The van der Waals surface area contributed by atoms with Crippen LogP contribution in [0.1, 0.15) is 22.6 Å². The monoisotopic (exact) mass is 366 g/mol. The van der Waals surface area contributed by atoms with Crippen LogP contribution < -0.4 is 5.46 Å². The van der Waals surface area contributed by atoms with Gasteiger partial charge in [0.25, 0.3) is 0 Å². The summed E-state index contributed by atoms with van der Waals surface area (Å²) in [6.45, 7) is 0. The van der Waals surface area contributed by atoms with Crippen molar-refractivity contribution < 1.29 is 10.0 Å². The second-order valence-corrected chi connectivity index (χ2v) is 7.06. The van der Waals surface area contributed by atoms with E-state index in [2.05, 4.69) is 46.6 Å². The molecule has 2 aromatic heterocycles. The first-order valence-corrected chi connectivity index (χ1v) is 9.30. The van der Waals surface area contributed by atoms with Gasteiger partial charge in [-0.05, 0) is 34.3 Å². The predicted octanol–water partition coefficient (Wildman–Crippen LogP) is 3.51. The minimum Gasteiger partial charge on any atom is -0.423 e. The minimum absolute atomic E-state index is 0.0500. The summed E-state index contributed by atoms with van der Waals surface area (Å²) in [5.41, 5.74) is 5.98. The minimum atomic E-state index is -1.49. The highest BCUT2D eigenvalue weighted by Gasteiger charge is 2.24. The van der Waals surface area contributed by atoms with Crippen LogP contribution in [-0.2, 0) is 0 Å². The molecule has 0 unspecified atom stereocenters. The smallest absolute Gasteiger partial charge is 0.423 e. The van der Waals surface area contributed by atoms with Gasteiger partial charge in [-0.3, -0.25) is 0 Å². The number of fused-ring (bicyclic) bond motifs is 2. The Morgan fingerprint density at radius 2 is 1.25 bits per heavy atom. The van der Waals surface area contributed by atoms with Gasteiger partial charge in [0.2, 0.25) is 0 Å². The number of para-hydroxylation sites is 2. The van der Waals surface area contributed by atoms with Crippen molar-refractivity contribution in [3.63, 3.8) is 0 Å². The summed E-state index contributed by atoms with van der Waals surface area (Å²) in [6.07, 6.45) is 4.11. The maximum absolute atomic E-state index is 9.68. The van der Waals surface area contributed by atoms with E-state index in [-0.39, 0.29) is 5.92 Å². The Morgan fingerprint density at radius 1 is 0.679 bits per heavy atom. The first-order valence-electron chi connectivity index (χ1n) is 9.30. The third-order valence-corrected chi connectivity index (χ3v) is 5.41. The lowest BCUT2D eigenvalue weighted by Crippen LogP contribution is -2.30. The van der Waals surface area contributed by atoms with Crippen molar-refractivity contribution in [1.29, 1.82) is 0 Å². The zero-order chi connectivity index (χ0) is 19.1. The molecule has 0 aliphatic carbocycles. The summed E-state index contributed by atoms with van der Waals surface area (Å²) in [7, 11) is -1.49. The number of aromatic amines is 2. The average Bonchev–Trinajstić information content (AvgIpc) is 3.34. The largest absolute Gasteiger partial charge is 0.488 e. The molecule has 0 aliphatic heterocycles. The first kappa shape index (κ1) is 16.9. The summed E-state index contributed by atoms with van der Waals surface area (Å²) in [5, 5.41) is 21.7. The second kappa shape index (κ2) is 6.71. The second-order valence-electron chi connectivity index (χ2n) is 7.06. The van der Waals surface area contributed by atoms with Crippen LogP contribution in [0.25, 0.3) is 21.8 Å². The molecule has 28 heavy (non-hydrogen) atoms. The molecule has 5 heteroatoms. The Bertz CT molecular complexity index is 1200. The van der Waals surface area contributed by atoms with Crippen molar-refractivity contribution in [3.05, 3.63) is 102 Å². The SMILES string of the molecule is OB(O)c1cccc(C(c2c[nH]c3ccccc23)c2c[nH]c3ccccc23)c1. The van der Waals surface area contributed by atoms with E-state index in [0.717, 1.165) is 38.5 Å². The molecule has 0 saturated heterocycles. The molecule has 0 atom stereocenters. The van der Waals surface area contributed by atoms with E-state index >= 15 is 0 Å². The quantitative estimate of drug-likeness (QED) is 0.368. The van der Waals surface area contributed by atoms with Gasteiger partial charge in [0, 0.05) is 40.1 Å². The van der Waals surface area contributed by atoms with Gasteiger partial charge in [-0.15, -0.1) is 0 Å². The molecule has 4 nitrogen and oxygen atoms in total. The highest BCUT2D eigenvalue weighted by atomic mass is 16.4. The fourth-order valence-electron chi connectivity index (χ4n) is 4.09. The summed E-state index contributed by atoms with van der Waals surface area (Å²) >= 11 is 0. The van der Waals surface area contributed by atoms with Gasteiger partial charge < -0.3 is 20.0 Å². The molecule has 0 bridgehead atoms. The third kappa shape index (κ3) is 2.73. The summed E-state index contributed by atoms with van der Waals surface area (Å²) < 4.78 is 0. The van der Waals surface area contributed by atoms with E-state index in [4.69, 9.17) is 0 Å². The lowest BCUT2D eigenvalue weighted by Gasteiger charge is -2.18. The van der Waals surface area contributed by atoms with Gasteiger partial charge in [0.1, 0.15) is 0 Å². The van der Waals surface area contributed by atoms with Gasteiger partial charge in [0.15, 0.2) is 0 Å². The van der Waals surface area contributed by atoms with Gasteiger partial charge in [-0.25, -0.2) is 0 Å². The highest BCUT2D eigenvalue weighted by molar-refractivity contribution is 6.58. The van der Waals surface area contributed by atoms with Crippen LogP contribution in [0.2, 0.25) is 0 Å². The molecule has 0 radical (unpaired) electrons. The van der Waals surface area contributed by atoms with E-state index in [1.54, 1.807) is 6.07 Å². The number of benzene rings is 3. The van der Waals surface area contributed by atoms with Crippen LogP contribution in [0.5, 0.6) is 0 Å². The molecule has 4 N–H and O–H groups in total. The Hall–Kier alpha value is -3.28. The summed E-state index contributed by atoms with van der Waals surface area (Å²) in [6, 6.07) is 24.0. The molecular formula is C23H19BN2O2. The number of rotatable bonds is 4. The fraction of sp³-hybridized carbons (Fsp3) is 0.0435. The van der Waals surface area contributed by atoms with E-state index in [9.17, 15) is 10.0 Å². The number of nitrogens with one attached hydrogen (secondary N) is 2. The van der Waals surface area contributed by atoms with Crippen LogP contribution in [0.15, 0.2) is 85.2 Å². The molecule has 3 aromatic carbocycles. The molecule has 0 fully saturated rings. The van der Waals surface area contributed by atoms with Gasteiger partial charge >= 0.3 is 7.12 Å². The number of hydrogen-bond donors (Lipinski definition) is 4.